The Hall–Kier alpha value is -2.12. The number of fused-ring (bicyclic) bond motifs is 1. The summed E-state index contributed by atoms with van der Waals surface area (Å²) in [5.74, 6) is 0.361. The molecule has 0 unspecified atom stereocenters. The van der Waals surface area contributed by atoms with E-state index >= 15 is 0 Å². The highest BCUT2D eigenvalue weighted by atomic mass is 16.5. The molecule has 7 nitrogen and oxygen atoms in total. The Bertz CT molecular complexity index is 697. The van der Waals surface area contributed by atoms with Gasteiger partial charge in [0.15, 0.2) is 5.76 Å². The molecule has 7 heteroatoms. The van der Waals surface area contributed by atoms with Crippen molar-refractivity contribution in [2.24, 2.45) is 7.05 Å². The molecule has 2 fully saturated rings. The van der Waals surface area contributed by atoms with Crippen LogP contribution in [-0.4, -0.2) is 63.9 Å². The molecule has 4 rings (SSSR count). The summed E-state index contributed by atoms with van der Waals surface area (Å²) in [6.45, 7) is 3.82. The van der Waals surface area contributed by atoms with Crippen LogP contribution in [0.15, 0.2) is 35.1 Å². The maximum Gasteiger partial charge on any atom is 0.290 e. The van der Waals surface area contributed by atoms with Gasteiger partial charge >= 0.3 is 0 Å². The second-order valence-electron chi connectivity index (χ2n) is 6.42. The third-order valence-electron chi connectivity index (χ3n) is 4.97. The number of hydrogen-bond acceptors (Lipinski definition) is 5. The van der Waals surface area contributed by atoms with E-state index in [1.165, 1.54) is 5.69 Å². The van der Waals surface area contributed by atoms with Crippen LogP contribution < -0.4 is 0 Å². The molecule has 2 aliphatic heterocycles. The first kappa shape index (κ1) is 15.4. The molecule has 0 aromatic carbocycles. The lowest BCUT2D eigenvalue weighted by molar-refractivity contribution is -0.0922. The molecule has 2 aromatic heterocycles. The topological polar surface area (TPSA) is 63.7 Å². The third-order valence-corrected chi connectivity index (χ3v) is 4.97. The molecule has 2 aliphatic rings. The number of ether oxygens (including phenoxy) is 1. The minimum Gasteiger partial charge on any atom is -0.459 e. The molecular formula is C17H22N4O3. The molecule has 2 aromatic rings. The highest BCUT2D eigenvalue weighted by molar-refractivity contribution is 5.91. The smallest absolute Gasteiger partial charge is 0.290 e. The predicted octanol–water partition coefficient (Wildman–Crippen LogP) is 1.13. The largest absolute Gasteiger partial charge is 0.459 e. The van der Waals surface area contributed by atoms with Crippen molar-refractivity contribution in [3.05, 3.63) is 42.1 Å². The van der Waals surface area contributed by atoms with Crippen molar-refractivity contribution in [1.82, 2.24) is 19.6 Å². The standard InChI is InChI=1S/C17H22N4O3/c1-19-13(4-6-18-19)11-20-7-5-15-14(12-20)21(8-10-24-15)17(22)16-3-2-9-23-16/h2-4,6,9,14-15H,5,7-8,10-12H2,1H3/t14-,15-/m1/s1. The van der Waals surface area contributed by atoms with Crippen LogP contribution in [0.25, 0.3) is 0 Å². The predicted molar refractivity (Wildman–Crippen MR) is 86.4 cm³/mol. The van der Waals surface area contributed by atoms with Gasteiger partial charge < -0.3 is 14.1 Å². The van der Waals surface area contributed by atoms with E-state index in [9.17, 15) is 4.79 Å². The summed E-state index contributed by atoms with van der Waals surface area (Å²) in [5.41, 5.74) is 1.18. The van der Waals surface area contributed by atoms with E-state index < -0.39 is 0 Å². The van der Waals surface area contributed by atoms with Crippen molar-refractivity contribution in [3.8, 4) is 0 Å². The van der Waals surface area contributed by atoms with Gasteiger partial charge in [-0.2, -0.15) is 5.10 Å². The Balaban J connectivity index is 1.49. The molecular weight excluding hydrogens is 308 g/mol. The van der Waals surface area contributed by atoms with E-state index in [1.807, 2.05) is 28.9 Å². The lowest BCUT2D eigenvalue weighted by Crippen LogP contribution is -2.61. The first-order chi connectivity index (χ1) is 11.7. The summed E-state index contributed by atoms with van der Waals surface area (Å²) in [6, 6.07) is 5.58. The van der Waals surface area contributed by atoms with Crippen molar-refractivity contribution in [1.29, 1.82) is 0 Å². The fraction of sp³-hybridized carbons (Fsp3) is 0.529. The third kappa shape index (κ3) is 2.85. The van der Waals surface area contributed by atoms with E-state index in [0.29, 0.717) is 18.9 Å². The summed E-state index contributed by atoms with van der Waals surface area (Å²) in [4.78, 5) is 17.0. The Morgan fingerprint density at radius 3 is 3.04 bits per heavy atom. The number of hydrogen-bond donors (Lipinski definition) is 0. The molecule has 0 bridgehead atoms. The average molecular weight is 330 g/mol. The van der Waals surface area contributed by atoms with E-state index in [4.69, 9.17) is 9.15 Å². The number of rotatable bonds is 3. The summed E-state index contributed by atoms with van der Waals surface area (Å²) in [6.07, 6.45) is 4.41. The first-order valence-electron chi connectivity index (χ1n) is 8.37. The number of aryl methyl sites for hydroxylation is 1. The Morgan fingerprint density at radius 2 is 2.29 bits per heavy atom. The van der Waals surface area contributed by atoms with Crippen LogP contribution in [0.3, 0.4) is 0 Å². The van der Waals surface area contributed by atoms with Crippen LogP contribution in [0.1, 0.15) is 22.7 Å². The van der Waals surface area contributed by atoms with Crippen LogP contribution in [0.2, 0.25) is 0 Å². The monoisotopic (exact) mass is 330 g/mol. The molecule has 0 spiro atoms. The Morgan fingerprint density at radius 1 is 1.38 bits per heavy atom. The second kappa shape index (κ2) is 6.41. The van der Waals surface area contributed by atoms with Gasteiger partial charge in [0.1, 0.15) is 0 Å². The maximum atomic E-state index is 12.7. The summed E-state index contributed by atoms with van der Waals surface area (Å²) in [5, 5.41) is 4.23. The minimum atomic E-state index is -0.0410. The van der Waals surface area contributed by atoms with Crippen LogP contribution in [0.4, 0.5) is 0 Å². The summed E-state index contributed by atoms with van der Waals surface area (Å²) < 4.78 is 13.1. The highest BCUT2D eigenvalue weighted by Gasteiger charge is 2.40. The molecule has 0 N–H and O–H groups in total. The van der Waals surface area contributed by atoms with E-state index in [1.54, 1.807) is 18.4 Å². The molecule has 1 amide bonds. The lowest BCUT2D eigenvalue weighted by atomic mass is 9.98. The fourth-order valence-corrected chi connectivity index (χ4v) is 3.66. The zero-order valence-electron chi connectivity index (χ0n) is 13.8. The molecule has 2 atom stereocenters. The SMILES string of the molecule is Cn1nccc1CN1CC[C@H]2OCCN(C(=O)c3ccco3)[C@@H]2C1. The van der Waals surface area contributed by atoms with Gasteiger partial charge in [0.2, 0.25) is 0 Å². The van der Waals surface area contributed by atoms with Gasteiger partial charge in [-0.1, -0.05) is 0 Å². The van der Waals surface area contributed by atoms with Crippen molar-refractivity contribution in [2.45, 2.75) is 25.1 Å². The zero-order valence-corrected chi connectivity index (χ0v) is 13.8. The van der Waals surface area contributed by atoms with Crippen LogP contribution >= 0.6 is 0 Å². The number of piperidine rings is 1. The minimum absolute atomic E-state index is 0.0410. The van der Waals surface area contributed by atoms with Crippen molar-refractivity contribution < 1.29 is 13.9 Å². The number of aromatic nitrogens is 2. The van der Waals surface area contributed by atoms with Crippen LogP contribution in [0.5, 0.6) is 0 Å². The number of carbonyl (C=O) groups excluding carboxylic acids is 1. The van der Waals surface area contributed by atoms with Gasteiger partial charge in [-0.3, -0.25) is 14.4 Å². The molecule has 128 valence electrons. The van der Waals surface area contributed by atoms with Gasteiger partial charge in [-0.15, -0.1) is 0 Å². The fourth-order valence-electron chi connectivity index (χ4n) is 3.66. The number of nitrogens with zero attached hydrogens (tertiary/aromatic N) is 4. The normalized spacial score (nSPS) is 24.8. The average Bonchev–Trinajstić information content (AvgIpc) is 3.26. The second-order valence-corrected chi connectivity index (χ2v) is 6.42. The molecule has 0 saturated carbocycles. The van der Waals surface area contributed by atoms with Crippen LogP contribution in [0, 0.1) is 0 Å². The molecule has 4 heterocycles. The van der Waals surface area contributed by atoms with Gasteiger partial charge in [0, 0.05) is 39.4 Å². The first-order valence-corrected chi connectivity index (χ1v) is 8.37. The summed E-state index contributed by atoms with van der Waals surface area (Å²) in [7, 11) is 1.96. The Labute approximate surface area is 140 Å². The van der Waals surface area contributed by atoms with E-state index in [0.717, 1.165) is 26.1 Å². The number of amides is 1. The van der Waals surface area contributed by atoms with Crippen molar-refractivity contribution in [3.63, 3.8) is 0 Å². The van der Waals surface area contributed by atoms with Gasteiger partial charge in [0.25, 0.3) is 5.91 Å². The number of carbonyl (C=O) groups is 1. The number of morpholine rings is 1. The van der Waals surface area contributed by atoms with E-state index in [-0.39, 0.29) is 18.1 Å². The lowest BCUT2D eigenvalue weighted by Gasteiger charge is -2.46. The Kier molecular flexibility index (Phi) is 4.12. The van der Waals surface area contributed by atoms with Gasteiger partial charge in [0.05, 0.1) is 30.7 Å². The van der Waals surface area contributed by atoms with E-state index in [2.05, 4.69) is 10.00 Å². The molecule has 0 radical (unpaired) electrons. The number of likely N-dealkylation sites (tertiary alicyclic amines) is 1. The molecule has 2 saturated heterocycles. The molecule has 0 aliphatic carbocycles. The van der Waals surface area contributed by atoms with Gasteiger partial charge in [-0.25, -0.2) is 0 Å². The molecule has 24 heavy (non-hydrogen) atoms. The quantitative estimate of drug-likeness (QED) is 0.844. The van der Waals surface area contributed by atoms with Crippen molar-refractivity contribution >= 4 is 5.91 Å². The number of furan rings is 1. The summed E-state index contributed by atoms with van der Waals surface area (Å²) >= 11 is 0. The zero-order chi connectivity index (χ0) is 16.5. The van der Waals surface area contributed by atoms with Crippen LogP contribution in [-0.2, 0) is 18.3 Å². The van der Waals surface area contributed by atoms with Gasteiger partial charge in [-0.05, 0) is 24.6 Å². The maximum absolute atomic E-state index is 12.7. The highest BCUT2D eigenvalue weighted by Crippen LogP contribution is 2.25. The van der Waals surface area contributed by atoms with Crippen molar-refractivity contribution in [2.75, 3.05) is 26.2 Å².